The predicted molar refractivity (Wildman–Crippen MR) is 91.0 cm³/mol. The smallest absolute Gasteiger partial charge is 0.0822 e. The molecule has 0 saturated carbocycles. The number of piperidine rings is 1. The molecule has 3 nitrogen and oxygen atoms in total. The molecule has 0 amide bonds. The zero-order valence-electron chi connectivity index (χ0n) is 13.7. The Morgan fingerprint density at radius 3 is 2.36 bits per heavy atom. The second-order valence-corrected chi connectivity index (χ2v) is 6.91. The Bertz CT molecular complexity index is 428. The summed E-state index contributed by atoms with van der Waals surface area (Å²) in [4.78, 5) is 5.00. The van der Waals surface area contributed by atoms with E-state index in [-0.39, 0.29) is 6.10 Å². The van der Waals surface area contributed by atoms with Crippen molar-refractivity contribution in [3.8, 4) is 0 Å². The third-order valence-corrected chi connectivity index (χ3v) is 5.30. The lowest BCUT2D eigenvalue weighted by Crippen LogP contribution is -2.54. The summed E-state index contributed by atoms with van der Waals surface area (Å²) >= 11 is 0. The number of likely N-dealkylation sites (tertiary alicyclic amines) is 2. The number of aliphatic hydroxyl groups is 1. The van der Waals surface area contributed by atoms with Gasteiger partial charge in [0, 0.05) is 19.1 Å². The average molecular weight is 302 g/mol. The van der Waals surface area contributed by atoms with Gasteiger partial charge in [0.1, 0.15) is 0 Å². The van der Waals surface area contributed by atoms with Gasteiger partial charge in [0.15, 0.2) is 0 Å². The van der Waals surface area contributed by atoms with Crippen LogP contribution in [0.3, 0.4) is 0 Å². The molecule has 0 spiro atoms. The van der Waals surface area contributed by atoms with Gasteiger partial charge in [0.25, 0.3) is 0 Å². The van der Waals surface area contributed by atoms with Gasteiger partial charge in [-0.3, -0.25) is 4.90 Å². The molecule has 0 radical (unpaired) electrons. The highest BCUT2D eigenvalue weighted by atomic mass is 16.3. The van der Waals surface area contributed by atoms with E-state index < -0.39 is 0 Å². The molecule has 0 bridgehead atoms. The van der Waals surface area contributed by atoms with Crippen LogP contribution < -0.4 is 0 Å². The van der Waals surface area contributed by atoms with Crippen molar-refractivity contribution in [2.45, 2.75) is 50.7 Å². The lowest BCUT2D eigenvalue weighted by Gasteiger charge is -2.41. The summed E-state index contributed by atoms with van der Waals surface area (Å²) in [6, 6.07) is 11.1. The lowest BCUT2D eigenvalue weighted by atomic mass is 9.99. The molecule has 1 aromatic rings. The highest BCUT2D eigenvalue weighted by Gasteiger charge is 2.31. The molecule has 2 atom stereocenters. The van der Waals surface area contributed by atoms with Crippen molar-refractivity contribution in [1.82, 2.24) is 9.80 Å². The fourth-order valence-electron chi connectivity index (χ4n) is 3.97. The van der Waals surface area contributed by atoms with Crippen molar-refractivity contribution in [1.29, 1.82) is 0 Å². The van der Waals surface area contributed by atoms with Crippen LogP contribution in [-0.2, 0) is 6.42 Å². The summed E-state index contributed by atoms with van der Waals surface area (Å²) in [5, 5.41) is 10.6. The first-order chi connectivity index (χ1) is 10.8. The Morgan fingerprint density at radius 2 is 1.68 bits per heavy atom. The number of benzene rings is 1. The Kier molecular flexibility index (Phi) is 5.88. The largest absolute Gasteiger partial charge is 0.390 e. The quantitative estimate of drug-likeness (QED) is 0.926. The molecule has 122 valence electrons. The van der Waals surface area contributed by atoms with Crippen LogP contribution in [0.2, 0.25) is 0 Å². The number of nitrogens with zero attached hydrogens (tertiary/aromatic N) is 2. The maximum Gasteiger partial charge on any atom is 0.0822 e. The van der Waals surface area contributed by atoms with Gasteiger partial charge in [-0.15, -0.1) is 0 Å². The molecule has 1 aromatic carbocycles. The normalized spacial score (nSPS) is 28.4. The van der Waals surface area contributed by atoms with Crippen LogP contribution in [-0.4, -0.2) is 59.8 Å². The van der Waals surface area contributed by atoms with Crippen LogP contribution in [0.4, 0.5) is 0 Å². The molecule has 2 heterocycles. The van der Waals surface area contributed by atoms with E-state index in [2.05, 4.69) is 40.1 Å². The van der Waals surface area contributed by atoms with Gasteiger partial charge in [-0.05, 0) is 50.9 Å². The van der Waals surface area contributed by atoms with E-state index in [9.17, 15) is 5.11 Å². The summed E-state index contributed by atoms with van der Waals surface area (Å²) < 4.78 is 0. The highest BCUT2D eigenvalue weighted by Crippen LogP contribution is 2.21. The van der Waals surface area contributed by atoms with Crippen molar-refractivity contribution in [3.05, 3.63) is 35.9 Å². The minimum absolute atomic E-state index is 0.178. The van der Waals surface area contributed by atoms with E-state index in [1.165, 1.54) is 44.3 Å². The number of aliphatic hydroxyl groups excluding tert-OH is 1. The maximum atomic E-state index is 10.6. The van der Waals surface area contributed by atoms with Gasteiger partial charge >= 0.3 is 0 Å². The topological polar surface area (TPSA) is 26.7 Å². The molecule has 2 fully saturated rings. The molecular weight excluding hydrogens is 272 g/mol. The Balaban J connectivity index is 1.47. The molecule has 3 heteroatoms. The molecular formula is C19H30N2O. The number of rotatable bonds is 4. The van der Waals surface area contributed by atoms with E-state index in [4.69, 9.17) is 0 Å². The molecule has 3 rings (SSSR count). The van der Waals surface area contributed by atoms with E-state index in [1.54, 1.807) is 0 Å². The molecule has 1 N–H and O–H groups in total. The SMILES string of the molecule is O[C@@H]1CN(CCc2ccccc2)CC[C@H]1N1CCCCCC1. The van der Waals surface area contributed by atoms with Crippen molar-refractivity contribution in [2.75, 3.05) is 32.7 Å². The Labute approximate surface area is 134 Å². The summed E-state index contributed by atoms with van der Waals surface area (Å²) in [6.45, 7) is 5.41. The first-order valence-corrected chi connectivity index (χ1v) is 9.01. The molecule has 0 aromatic heterocycles. The van der Waals surface area contributed by atoms with Crippen LogP contribution in [0, 0.1) is 0 Å². The van der Waals surface area contributed by atoms with Gasteiger partial charge in [-0.2, -0.15) is 0 Å². The van der Waals surface area contributed by atoms with Crippen molar-refractivity contribution in [3.63, 3.8) is 0 Å². The molecule has 2 aliphatic heterocycles. The van der Waals surface area contributed by atoms with E-state index in [0.717, 1.165) is 32.5 Å². The second kappa shape index (κ2) is 8.09. The zero-order chi connectivity index (χ0) is 15.2. The third-order valence-electron chi connectivity index (χ3n) is 5.30. The van der Waals surface area contributed by atoms with E-state index in [0.29, 0.717) is 6.04 Å². The Hall–Kier alpha value is -0.900. The fourth-order valence-corrected chi connectivity index (χ4v) is 3.97. The molecule has 0 unspecified atom stereocenters. The van der Waals surface area contributed by atoms with Crippen LogP contribution in [0.25, 0.3) is 0 Å². The fraction of sp³-hybridized carbons (Fsp3) is 0.684. The monoisotopic (exact) mass is 302 g/mol. The number of hydrogen-bond acceptors (Lipinski definition) is 3. The third kappa shape index (κ3) is 4.31. The average Bonchev–Trinajstić information content (AvgIpc) is 2.83. The second-order valence-electron chi connectivity index (χ2n) is 6.91. The molecule has 2 saturated heterocycles. The first-order valence-electron chi connectivity index (χ1n) is 9.01. The highest BCUT2D eigenvalue weighted by molar-refractivity contribution is 5.14. The van der Waals surface area contributed by atoms with Gasteiger partial charge in [0.05, 0.1) is 6.10 Å². The van der Waals surface area contributed by atoms with Gasteiger partial charge in [-0.25, -0.2) is 0 Å². The Morgan fingerprint density at radius 1 is 0.955 bits per heavy atom. The van der Waals surface area contributed by atoms with Crippen molar-refractivity contribution >= 4 is 0 Å². The number of β-amino-alcohol motifs (C(OH)–C–C–N with tert-alkyl or cyclic N) is 1. The van der Waals surface area contributed by atoms with Crippen LogP contribution in [0.15, 0.2) is 30.3 Å². The number of hydrogen-bond donors (Lipinski definition) is 1. The zero-order valence-corrected chi connectivity index (χ0v) is 13.7. The predicted octanol–water partition coefficient (Wildman–Crippen LogP) is 2.54. The standard InChI is InChI=1S/C19H30N2O/c22-19-16-20(14-10-17-8-4-3-5-9-17)15-11-18(19)21-12-6-1-2-7-13-21/h3-5,8-9,18-19,22H,1-2,6-7,10-16H2/t18-,19-/m1/s1. The summed E-state index contributed by atoms with van der Waals surface area (Å²) in [6.07, 6.45) is 7.37. The first kappa shape index (κ1) is 16.0. The van der Waals surface area contributed by atoms with Crippen molar-refractivity contribution in [2.24, 2.45) is 0 Å². The van der Waals surface area contributed by atoms with Crippen LogP contribution in [0.5, 0.6) is 0 Å². The van der Waals surface area contributed by atoms with Crippen LogP contribution >= 0.6 is 0 Å². The molecule has 22 heavy (non-hydrogen) atoms. The summed E-state index contributed by atoms with van der Waals surface area (Å²) in [5.41, 5.74) is 1.40. The molecule has 2 aliphatic rings. The lowest BCUT2D eigenvalue weighted by molar-refractivity contribution is -0.0116. The van der Waals surface area contributed by atoms with Crippen molar-refractivity contribution < 1.29 is 5.11 Å². The maximum absolute atomic E-state index is 10.6. The van der Waals surface area contributed by atoms with Gasteiger partial charge in [0.2, 0.25) is 0 Å². The summed E-state index contributed by atoms with van der Waals surface area (Å²) in [7, 11) is 0. The van der Waals surface area contributed by atoms with Crippen LogP contribution in [0.1, 0.15) is 37.7 Å². The minimum Gasteiger partial charge on any atom is -0.390 e. The van der Waals surface area contributed by atoms with E-state index in [1.807, 2.05) is 0 Å². The van der Waals surface area contributed by atoms with Gasteiger partial charge < -0.3 is 10.0 Å². The van der Waals surface area contributed by atoms with Gasteiger partial charge in [-0.1, -0.05) is 43.2 Å². The summed E-state index contributed by atoms with van der Waals surface area (Å²) in [5.74, 6) is 0. The van der Waals surface area contributed by atoms with E-state index >= 15 is 0 Å². The molecule has 0 aliphatic carbocycles. The minimum atomic E-state index is -0.178.